The van der Waals surface area contributed by atoms with Gasteiger partial charge in [0.05, 0.1) is 17.6 Å². The van der Waals surface area contributed by atoms with Crippen LogP contribution in [0.4, 0.5) is 11.5 Å². The summed E-state index contributed by atoms with van der Waals surface area (Å²) in [6, 6.07) is 13.4. The molecule has 144 valence electrons. The van der Waals surface area contributed by atoms with Gasteiger partial charge in [0.15, 0.2) is 0 Å². The summed E-state index contributed by atoms with van der Waals surface area (Å²) in [7, 11) is -3.42. The Morgan fingerprint density at radius 3 is 2.41 bits per heavy atom. The Balaban J connectivity index is 1.50. The molecule has 0 radical (unpaired) electrons. The third kappa shape index (κ3) is 5.68. The van der Waals surface area contributed by atoms with Gasteiger partial charge in [-0.2, -0.15) is 0 Å². The van der Waals surface area contributed by atoms with E-state index in [2.05, 4.69) is 14.6 Å². The fraction of sp³-hybridized carbons (Fsp3) is 0.368. The number of aryl methyl sites for hydroxylation is 1. The van der Waals surface area contributed by atoms with Crippen molar-refractivity contribution < 1.29 is 13.2 Å². The molecule has 1 aliphatic heterocycles. The van der Waals surface area contributed by atoms with E-state index in [0.29, 0.717) is 25.3 Å². The smallest absolute Gasteiger partial charge is 0.233 e. The number of sulfonamides is 1. The Bertz CT molecular complexity index is 833. The van der Waals surface area contributed by atoms with E-state index in [4.69, 9.17) is 0 Å². The first-order valence-electron chi connectivity index (χ1n) is 9.00. The van der Waals surface area contributed by atoms with Crippen LogP contribution < -0.4 is 9.62 Å². The molecule has 1 amide bonds. The van der Waals surface area contributed by atoms with Crippen LogP contribution in [-0.2, 0) is 21.2 Å². The largest absolute Gasteiger partial charge is 0.367 e. The number of hydrogen-bond acceptors (Lipinski definition) is 5. The molecular formula is C19H24N4O3S. The van der Waals surface area contributed by atoms with E-state index in [-0.39, 0.29) is 5.75 Å². The number of piperazine rings is 1. The Morgan fingerprint density at radius 1 is 1.04 bits per heavy atom. The fourth-order valence-corrected chi connectivity index (χ4v) is 4.11. The first-order chi connectivity index (χ1) is 13.1. The van der Waals surface area contributed by atoms with E-state index >= 15 is 0 Å². The van der Waals surface area contributed by atoms with Gasteiger partial charge in [-0.1, -0.05) is 30.3 Å². The molecule has 0 spiro atoms. The number of benzene rings is 1. The first kappa shape index (κ1) is 19.2. The number of amides is 1. The van der Waals surface area contributed by atoms with Gasteiger partial charge in [0.1, 0.15) is 5.82 Å². The van der Waals surface area contributed by atoms with Crippen molar-refractivity contribution in [3.05, 3.63) is 54.2 Å². The van der Waals surface area contributed by atoms with Crippen molar-refractivity contribution >= 4 is 27.9 Å². The molecule has 0 aliphatic carbocycles. The Kier molecular flexibility index (Phi) is 6.28. The fourth-order valence-electron chi connectivity index (χ4n) is 3.04. The molecule has 1 aromatic heterocycles. The second-order valence-electron chi connectivity index (χ2n) is 6.54. The Hall–Kier alpha value is -2.61. The van der Waals surface area contributed by atoms with Crippen LogP contribution in [-0.4, -0.2) is 56.6 Å². The summed E-state index contributed by atoms with van der Waals surface area (Å²) in [6.45, 7) is 2.84. The number of nitrogens with one attached hydrogen (secondary N) is 1. The summed E-state index contributed by atoms with van der Waals surface area (Å²) in [5, 5.41) is 0. The lowest BCUT2D eigenvalue weighted by molar-refractivity contribution is -0.118. The molecule has 1 fully saturated rings. The topological polar surface area (TPSA) is 82.6 Å². The molecule has 7 nitrogen and oxygen atoms in total. The van der Waals surface area contributed by atoms with Gasteiger partial charge in [-0.25, -0.2) is 13.4 Å². The minimum absolute atomic E-state index is 0.0545. The molecule has 1 saturated heterocycles. The van der Waals surface area contributed by atoms with Crippen LogP contribution in [0.5, 0.6) is 0 Å². The molecule has 1 N–H and O–H groups in total. The summed E-state index contributed by atoms with van der Waals surface area (Å²) in [5.74, 6) is 0.379. The number of carbonyl (C=O) groups is 1. The lowest BCUT2D eigenvalue weighted by Gasteiger charge is -2.33. The Labute approximate surface area is 160 Å². The molecule has 27 heavy (non-hydrogen) atoms. The van der Waals surface area contributed by atoms with Crippen molar-refractivity contribution in [2.75, 3.05) is 41.6 Å². The predicted molar refractivity (Wildman–Crippen MR) is 106 cm³/mol. The summed E-state index contributed by atoms with van der Waals surface area (Å²) < 4.78 is 27.0. The molecule has 1 aromatic carbocycles. The highest BCUT2D eigenvalue weighted by atomic mass is 32.2. The molecule has 2 heterocycles. The lowest BCUT2D eigenvalue weighted by atomic mass is 10.1. The molecular weight excluding hydrogens is 364 g/mol. The Morgan fingerprint density at radius 2 is 1.78 bits per heavy atom. The molecule has 0 unspecified atom stereocenters. The molecule has 0 atom stereocenters. The van der Waals surface area contributed by atoms with Crippen LogP contribution in [0.25, 0.3) is 0 Å². The average Bonchev–Trinajstić information content (AvgIpc) is 2.69. The standard InChI is InChI=1S/C19H24N4O3S/c24-16-22-10-12-23(13-11-22)18-8-9-19(20-15-18)21-27(25,26)14-4-7-17-5-2-1-3-6-17/h1-3,5-6,8-9,15-16H,4,7,10-14H2,(H,20,21). The quantitative estimate of drug-likeness (QED) is 0.697. The predicted octanol–water partition coefficient (Wildman–Crippen LogP) is 1.73. The summed E-state index contributed by atoms with van der Waals surface area (Å²) in [6.07, 6.45) is 3.81. The van der Waals surface area contributed by atoms with Crippen molar-refractivity contribution in [1.29, 1.82) is 0 Å². The molecule has 1 aliphatic rings. The maximum Gasteiger partial charge on any atom is 0.233 e. The summed E-state index contributed by atoms with van der Waals surface area (Å²) in [4.78, 5) is 18.9. The second kappa shape index (κ2) is 8.85. The monoisotopic (exact) mass is 388 g/mol. The average molecular weight is 388 g/mol. The number of nitrogens with zero attached hydrogens (tertiary/aromatic N) is 3. The van der Waals surface area contributed by atoms with E-state index < -0.39 is 10.0 Å². The van der Waals surface area contributed by atoms with Gasteiger partial charge < -0.3 is 9.80 Å². The zero-order valence-corrected chi connectivity index (χ0v) is 15.9. The van der Waals surface area contributed by atoms with Gasteiger partial charge in [-0.15, -0.1) is 0 Å². The number of rotatable bonds is 8. The zero-order valence-electron chi connectivity index (χ0n) is 15.1. The third-order valence-corrected chi connectivity index (χ3v) is 5.90. The van der Waals surface area contributed by atoms with Crippen molar-refractivity contribution in [3.8, 4) is 0 Å². The minimum Gasteiger partial charge on any atom is -0.367 e. The SMILES string of the molecule is O=CN1CCN(c2ccc(NS(=O)(=O)CCCc3ccccc3)nc2)CC1. The molecule has 8 heteroatoms. The van der Waals surface area contributed by atoms with Gasteiger partial charge >= 0.3 is 0 Å². The van der Waals surface area contributed by atoms with Crippen LogP contribution in [0.2, 0.25) is 0 Å². The normalized spacial score (nSPS) is 14.8. The maximum atomic E-state index is 12.2. The van der Waals surface area contributed by atoms with Gasteiger partial charge in [0, 0.05) is 26.2 Å². The van der Waals surface area contributed by atoms with Crippen LogP contribution in [0.3, 0.4) is 0 Å². The number of anilines is 2. The third-order valence-electron chi connectivity index (χ3n) is 4.56. The molecule has 0 bridgehead atoms. The lowest BCUT2D eigenvalue weighted by Crippen LogP contribution is -2.45. The summed E-state index contributed by atoms with van der Waals surface area (Å²) >= 11 is 0. The highest BCUT2D eigenvalue weighted by molar-refractivity contribution is 7.92. The van der Waals surface area contributed by atoms with Crippen molar-refractivity contribution in [3.63, 3.8) is 0 Å². The molecule has 0 saturated carbocycles. The van der Waals surface area contributed by atoms with Crippen molar-refractivity contribution in [2.24, 2.45) is 0 Å². The highest BCUT2D eigenvalue weighted by Gasteiger charge is 2.16. The molecule has 2 aromatic rings. The van der Waals surface area contributed by atoms with Crippen molar-refractivity contribution in [2.45, 2.75) is 12.8 Å². The zero-order chi connectivity index (χ0) is 19.1. The number of aromatic nitrogens is 1. The van der Waals surface area contributed by atoms with E-state index in [1.807, 2.05) is 36.4 Å². The van der Waals surface area contributed by atoms with E-state index in [0.717, 1.165) is 37.2 Å². The van der Waals surface area contributed by atoms with Gasteiger partial charge in [-0.05, 0) is 30.5 Å². The van der Waals surface area contributed by atoms with Gasteiger partial charge in [-0.3, -0.25) is 9.52 Å². The number of hydrogen-bond donors (Lipinski definition) is 1. The van der Waals surface area contributed by atoms with Gasteiger partial charge in [0.2, 0.25) is 16.4 Å². The van der Waals surface area contributed by atoms with E-state index in [1.165, 1.54) is 0 Å². The summed E-state index contributed by atoms with van der Waals surface area (Å²) in [5.41, 5.74) is 2.05. The van der Waals surface area contributed by atoms with E-state index in [1.54, 1.807) is 17.2 Å². The first-order valence-corrected chi connectivity index (χ1v) is 10.7. The second-order valence-corrected chi connectivity index (χ2v) is 8.38. The van der Waals surface area contributed by atoms with Crippen molar-refractivity contribution in [1.82, 2.24) is 9.88 Å². The number of pyridine rings is 1. The van der Waals surface area contributed by atoms with Crippen LogP contribution in [0, 0.1) is 0 Å². The highest BCUT2D eigenvalue weighted by Crippen LogP contribution is 2.17. The number of carbonyl (C=O) groups excluding carboxylic acids is 1. The minimum atomic E-state index is -3.42. The van der Waals surface area contributed by atoms with Crippen LogP contribution in [0.1, 0.15) is 12.0 Å². The van der Waals surface area contributed by atoms with Crippen LogP contribution in [0.15, 0.2) is 48.7 Å². The van der Waals surface area contributed by atoms with Crippen LogP contribution >= 0.6 is 0 Å². The molecule has 3 rings (SSSR count). The van der Waals surface area contributed by atoms with Gasteiger partial charge in [0.25, 0.3) is 0 Å². The van der Waals surface area contributed by atoms with E-state index in [9.17, 15) is 13.2 Å². The maximum absolute atomic E-state index is 12.2.